The molecule has 0 heterocycles. The average Bonchev–Trinajstić information content (AvgIpc) is 2.42. The van der Waals surface area contributed by atoms with Gasteiger partial charge in [-0.05, 0) is 73.1 Å². The van der Waals surface area contributed by atoms with E-state index in [1.807, 2.05) is 19.2 Å². The van der Waals surface area contributed by atoms with Gasteiger partial charge in [0.25, 0.3) is 0 Å². The number of hydrogen-bond donors (Lipinski definition) is 1. The molecule has 2 aromatic rings. The summed E-state index contributed by atoms with van der Waals surface area (Å²) in [5.41, 5.74) is 3.61. The van der Waals surface area contributed by atoms with Gasteiger partial charge in [0, 0.05) is 6.04 Å². The lowest BCUT2D eigenvalue weighted by molar-refractivity contribution is 0.475. The fraction of sp³-hybridized carbons (Fsp3) is 0.294. The highest BCUT2D eigenvalue weighted by Gasteiger charge is 2.09. The molecule has 1 atom stereocenters. The van der Waals surface area contributed by atoms with E-state index >= 15 is 0 Å². The predicted octanol–water partition coefficient (Wildman–Crippen LogP) is 5.14. The Morgan fingerprint density at radius 3 is 2.35 bits per heavy atom. The minimum Gasteiger partial charge on any atom is -0.456 e. The molecule has 0 aliphatic carbocycles. The number of benzene rings is 2. The topological polar surface area (TPSA) is 21.3 Å². The molecule has 0 fully saturated rings. The predicted molar refractivity (Wildman–Crippen MR) is 87.6 cm³/mol. The van der Waals surface area contributed by atoms with Crippen molar-refractivity contribution >= 4 is 15.9 Å². The summed E-state index contributed by atoms with van der Waals surface area (Å²) in [6, 6.07) is 12.7. The van der Waals surface area contributed by atoms with Gasteiger partial charge in [0.2, 0.25) is 0 Å². The molecule has 0 aromatic heterocycles. The number of hydrogen-bond acceptors (Lipinski definition) is 2. The first-order chi connectivity index (χ1) is 9.51. The van der Waals surface area contributed by atoms with Gasteiger partial charge in [-0.15, -0.1) is 0 Å². The van der Waals surface area contributed by atoms with Crippen LogP contribution in [0.15, 0.2) is 40.9 Å². The van der Waals surface area contributed by atoms with Crippen LogP contribution in [0.5, 0.6) is 11.5 Å². The van der Waals surface area contributed by atoms with Gasteiger partial charge in [-0.2, -0.15) is 0 Å². The molecule has 2 rings (SSSR count). The maximum absolute atomic E-state index is 6.00. The lowest BCUT2D eigenvalue weighted by Crippen LogP contribution is -2.12. The normalized spacial score (nSPS) is 12.2. The van der Waals surface area contributed by atoms with E-state index in [2.05, 4.69) is 66.3 Å². The number of nitrogens with one attached hydrogen (secondary N) is 1. The quantitative estimate of drug-likeness (QED) is 0.836. The van der Waals surface area contributed by atoms with Crippen LogP contribution in [-0.4, -0.2) is 7.05 Å². The van der Waals surface area contributed by atoms with Gasteiger partial charge in [0.05, 0.1) is 4.47 Å². The van der Waals surface area contributed by atoms with Gasteiger partial charge in [-0.3, -0.25) is 0 Å². The molecule has 0 saturated carbocycles. The van der Waals surface area contributed by atoms with Crippen molar-refractivity contribution in [3.05, 3.63) is 57.6 Å². The summed E-state index contributed by atoms with van der Waals surface area (Å²) in [6.45, 7) is 6.28. The average molecular weight is 334 g/mol. The van der Waals surface area contributed by atoms with Crippen LogP contribution in [0.25, 0.3) is 0 Å². The Balaban J connectivity index is 2.25. The van der Waals surface area contributed by atoms with Crippen LogP contribution in [0, 0.1) is 13.8 Å². The summed E-state index contributed by atoms with van der Waals surface area (Å²) in [6.07, 6.45) is 0. The SMILES string of the molecule is CNC(C)c1ccc(Oc2ccc(C)cc2C)c(Br)c1. The molecule has 0 aliphatic heterocycles. The number of aryl methyl sites for hydroxylation is 2. The zero-order chi connectivity index (χ0) is 14.7. The zero-order valence-corrected chi connectivity index (χ0v) is 13.9. The van der Waals surface area contributed by atoms with Gasteiger partial charge >= 0.3 is 0 Å². The third kappa shape index (κ3) is 3.41. The Labute approximate surface area is 129 Å². The summed E-state index contributed by atoms with van der Waals surface area (Å²) in [4.78, 5) is 0. The van der Waals surface area contributed by atoms with Gasteiger partial charge < -0.3 is 10.1 Å². The smallest absolute Gasteiger partial charge is 0.141 e. The highest BCUT2D eigenvalue weighted by Crippen LogP contribution is 2.33. The van der Waals surface area contributed by atoms with Gasteiger partial charge in [0.1, 0.15) is 11.5 Å². The molecule has 0 spiro atoms. The van der Waals surface area contributed by atoms with E-state index in [-0.39, 0.29) is 0 Å². The molecule has 2 aromatic carbocycles. The largest absolute Gasteiger partial charge is 0.456 e. The molecule has 1 unspecified atom stereocenters. The first kappa shape index (κ1) is 15.1. The molecule has 0 aliphatic rings. The second-order valence-corrected chi connectivity index (χ2v) is 5.93. The number of ether oxygens (including phenoxy) is 1. The van der Waals surface area contributed by atoms with Crippen molar-refractivity contribution in [3.8, 4) is 11.5 Å². The van der Waals surface area contributed by atoms with Gasteiger partial charge in [0.15, 0.2) is 0 Å². The van der Waals surface area contributed by atoms with Crippen LogP contribution in [0.3, 0.4) is 0 Å². The second-order valence-electron chi connectivity index (χ2n) is 5.07. The molecular weight excluding hydrogens is 314 g/mol. The molecule has 20 heavy (non-hydrogen) atoms. The van der Waals surface area contributed by atoms with E-state index in [1.165, 1.54) is 11.1 Å². The maximum Gasteiger partial charge on any atom is 0.141 e. The molecule has 0 saturated heterocycles. The van der Waals surface area contributed by atoms with E-state index < -0.39 is 0 Å². The molecule has 106 valence electrons. The number of halogens is 1. The van der Waals surface area contributed by atoms with Crippen molar-refractivity contribution in [1.82, 2.24) is 5.32 Å². The molecule has 2 nitrogen and oxygen atoms in total. The maximum atomic E-state index is 6.00. The van der Waals surface area contributed by atoms with Crippen LogP contribution in [0.4, 0.5) is 0 Å². The molecular formula is C17H20BrNO. The third-order valence-electron chi connectivity index (χ3n) is 3.44. The highest BCUT2D eigenvalue weighted by molar-refractivity contribution is 9.10. The van der Waals surface area contributed by atoms with Crippen LogP contribution in [-0.2, 0) is 0 Å². The summed E-state index contributed by atoms with van der Waals surface area (Å²) in [7, 11) is 1.96. The van der Waals surface area contributed by atoms with Gasteiger partial charge in [-0.1, -0.05) is 23.8 Å². The van der Waals surface area contributed by atoms with Crippen molar-refractivity contribution in [1.29, 1.82) is 0 Å². The molecule has 0 bridgehead atoms. The van der Waals surface area contributed by atoms with Crippen LogP contribution >= 0.6 is 15.9 Å². The first-order valence-electron chi connectivity index (χ1n) is 6.73. The Bertz CT molecular complexity index is 610. The molecule has 3 heteroatoms. The Kier molecular flexibility index (Phi) is 4.84. The van der Waals surface area contributed by atoms with E-state index in [1.54, 1.807) is 0 Å². The Morgan fingerprint density at radius 1 is 1.05 bits per heavy atom. The molecule has 1 N–H and O–H groups in total. The summed E-state index contributed by atoms with van der Waals surface area (Å²) in [5, 5.41) is 3.23. The first-order valence-corrected chi connectivity index (χ1v) is 7.52. The summed E-state index contributed by atoms with van der Waals surface area (Å²) >= 11 is 3.59. The highest BCUT2D eigenvalue weighted by atomic mass is 79.9. The summed E-state index contributed by atoms with van der Waals surface area (Å²) < 4.78 is 6.97. The fourth-order valence-electron chi connectivity index (χ4n) is 2.07. The van der Waals surface area contributed by atoms with Crippen LogP contribution in [0.1, 0.15) is 29.7 Å². The van der Waals surface area contributed by atoms with Crippen molar-refractivity contribution in [3.63, 3.8) is 0 Å². The third-order valence-corrected chi connectivity index (χ3v) is 4.06. The second kappa shape index (κ2) is 6.42. The van der Waals surface area contributed by atoms with Crippen molar-refractivity contribution < 1.29 is 4.74 Å². The zero-order valence-electron chi connectivity index (χ0n) is 12.3. The van der Waals surface area contributed by atoms with E-state index in [0.29, 0.717) is 6.04 Å². The lowest BCUT2D eigenvalue weighted by Gasteiger charge is -2.14. The standard InChI is InChI=1S/C17H20BrNO/c1-11-5-7-16(12(2)9-11)20-17-8-6-14(10-15(17)18)13(3)19-4/h5-10,13,19H,1-4H3. The Hall–Kier alpha value is -1.32. The molecule has 0 radical (unpaired) electrons. The van der Waals surface area contributed by atoms with E-state index in [9.17, 15) is 0 Å². The van der Waals surface area contributed by atoms with Crippen molar-refractivity contribution in [2.45, 2.75) is 26.8 Å². The fourth-order valence-corrected chi connectivity index (χ4v) is 2.55. The number of rotatable bonds is 4. The summed E-state index contributed by atoms with van der Waals surface area (Å²) in [5.74, 6) is 1.73. The minimum absolute atomic E-state index is 0.321. The van der Waals surface area contributed by atoms with Crippen LogP contribution in [0.2, 0.25) is 0 Å². The Morgan fingerprint density at radius 2 is 1.75 bits per heavy atom. The monoisotopic (exact) mass is 333 g/mol. The van der Waals surface area contributed by atoms with Crippen molar-refractivity contribution in [2.24, 2.45) is 0 Å². The molecule has 0 amide bonds. The van der Waals surface area contributed by atoms with Crippen molar-refractivity contribution in [2.75, 3.05) is 7.05 Å². The van der Waals surface area contributed by atoms with E-state index in [4.69, 9.17) is 4.74 Å². The van der Waals surface area contributed by atoms with E-state index in [0.717, 1.165) is 21.5 Å². The van der Waals surface area contributed by atoms with Gasteiger partial charge in [-0.25, -0.2) is 0 Å². The lowest BCUT2D eigenvalue weighted by atomic mass is 10.1. The van der Waals surface area contributed by atoms with Crippen LogP contribution < -0.4 is 10.1 Å². The minimum atomic E-state index is 0.321.